The van der Waals surface area contributed by atoms with Gasteiger partial charge in [-0.3, -0.25) is 4.79 Å². The van der Waals surface area contributed by atoms with Gasteiger partial charge in [-0.25, -0.2) is 22.0 Å². The van der Waals surface area contributed by atoms with E-state index in [0.717, 1.165) is 0 Å². The van der Waals surface area contributed by atoms with Crippen LogP contribution in [0.2, 0.25) is 0 Å². The molecule has 0 fully saturated rings. The molecule has 0 aliphatic rings. The lowest BCUT2D eigenvalue weighted by Crippen LogP contribution is -2.04. The van der Waals surface area contributed by atoms with Crippen LogP contribution >= 0.6 is 11.8 Å². The van der Waals surface area contributed by atoms with E-state index in [1.807, 2.05) is 0 Å². The molecule has 0 bridgehead atoms. The zero-order valence-electron chi connectivity index (χ0n) is 7.49. The van der Waals surface area contributed by atoms with Crippen molar-refractivity contribution in [1.29, 1.82) is 0 Å². The topological polar surface area (TPSA) is 17.1 Å². The van der Waals surface area contributed by atoms with Gasteiger partial charge in [0, 0.05) is 0 Å². The molecule has 86 valence electrons. The van der Waals surface area contributed by atoms with Gasteiger partial charge in [0.05, 0.1) is 4.90 Å². The predicted octanol–water partition coefficient (Wildman–Crippen LogP) is 3.19. The Morgan fingerprint density at radius 1 is 0.938 bits per heavy atom. The molecule has 0 aromatic heterocycles. The Morgan fingerprint density at radius 3 is 1.69 bits per heavy atom. The van der Waals surface area contributed by atoms with Crippen molar-refractivity contribution >= 4 is 16.9 Å². The zero-order valence-corrected chi connectivity index (χ0v) is 8.31. The summed E-state index contributed by atoms with van der Waals surface area (Å²) in [4.78, 5) is 9.53. The van der Waals surface area contributed by atoms with Gasteiger partial charge in [-0.1, -0.05) is 6.58 Å². The number of benzene rings is 1. The molecule has 0 heterocycles. The first-order valence-electron chi connectivity index (χ1n) is 3.75. The molecule has 1 aromatic carbocycles. The van der Waals surface area contributed by atoms with Crippen LogP contribution in [0.15, 0.2) is 17.6 Å². The average molecular weight is 254 g/mol. The molecule has 1 rings (SSSR count). The van der Waals surface area contributed by atoms with Crippen LogP contribution in [0.25, 0.3) is 0 Å². The second-order valence-corrected chi connectivity index (χ2v) is 3.54. The van der Waals surface area contributed by atoms with Crippen LogP contribution in [0, 0.1) is 29.1 Å². The number of halogens is 5. The van der Waals surface area contributed by atoms with E-state index < -0.39 is 39.1 Å². The summed E-state index contributed by atoms with van der Waals surface area (Å²) in [5, 5.41) is -0.928. The Bertz CT molecular complexity index is 442. The monoisotopic (exact) mass is 254 g/mol. The molecule has 0 atom stereocenters. The normalized spacial score (nSPS) is 10.3. The maximum atomic E-state index is 13.0. The van der Waals surface area contributed by atoms with E-state index in [0.29, 0.717) is 6.08 Å². The third-order valence-electron chi connectivity index (χ3n) is 1.54. The number of hydrogen-bond donors (Lipinski definition) is 0. The SMILES string of the molecule is C=CC(=O)Sc1c(F)c(F)c(F)c(F)c1F. The molecule has 0 radical (unpaired) electrons. The van der Waals surface area contributed by atoms with Gasteiger partial charge < -0.3 is 0 Å². The first-order chi connectivity index (χ1) is 7.40. The molecule has 0 aliphatic carbocycles. The number of hydrogen-bond acceptors (Lipinski definition) is 2. The highest BCUT2D eigenvalue weighted by molar-refractivity contribution is 8.14. The van der Waals surface area contributed by atoms with E-state index in [9.17, 15) is 26.7 Å². The van der Waals surface area contributed by atoms with E-state index in [2.05, 4.69) is 6.58 Å². The van der Waals surface area contributed by atoms with Crippen LogP contribution in [0.1, 0.15) is 0 Å². The number of rotatable bonds is 2. The highest BCUT2D eigenvalue weighted by Gasteiger charge is 2.26. The standard InChI is InChI=1S/C9H3F5OS/c1-2-3(15)16-9-7(13)5(11)4(10)6(12)8(9)14/h2H,1H2. The first kappa shape index (κ1) is 12.7. The maximum absolute atomic E-state index is 13.0. The van der Waals surface area contributed by atoms with Crippen LogP contribution in [-0.2, 0) is 4.79 Å². The fourth-order valence-corrected chi connectivity index (χ4v) is 1.46. The maximum Gasteiger partial charge on any atom is 0.216 e. The molecule has 0 saturated carbocycles. The predicted molar refractivity (Wildman–Crippen MR) is 47.3 cm³/mol. The van der Waals surface area contributed by atoms with E-state index in [-0.39, 0.29) is 11.8 Å². The fourth-order valence-electron chi connectivity index (χ4n) is 0.817. The van der Waals surface area contributed by atoms with Crippen molar-refractivity contribution in [2.24, 2.45) is 0 Å². The molecule has 0 aliphatic heterocycles. The van der Waals surface area contributed by atoms with E-state index in [1.165, 1.54) is 0 Å². The van der Waals surface area contributed by atoms with Crippen molar-refractivity contribution in [1.82, 2.24) is 0 Å². The van der Waals surface area contributed by atoms with Crippen molar-refractivity contribution in [3.8, 4) is 0 Å². The lowest BCUT2D eigenvalue weighted by molar-refractivity contribution is -0.107. The van der Waals surface area contributed by atoms with Gasteiger partial charge in [-0.2, -0.15) is 0 Å². The molecule has 0 unspecified atom stereocenters. The Kier molecular flexibility index (Phi) is 3.69. The summed E-state index contributed by atoms with van der Waals surface area (Å²) < 4.78 is 63.8. The van der Waals surface area contributed by atoms with Crippen molar-refractivity contribution in [3.05, 3.63) is 41.7 Å². The summed E-state index contributed by atoms with van der Waals surface area (Å²) >= 11 is -0.120. The second-order valence-electron chi connectivity index (χ2n) is 2.52. The highest BCUT2D eigenvalue weighted by atomic mass is 32.2. The molecule has 0 saturated heterocycles. The third kappa shape index (κ3) is 2.08. The van der Waals surface area contributed by atoms with Crippen LogP contribution in [-0.4, -0.2) is 5.12 Å². The van der Waals surface area contributed by atoms with Crippen molar-refractivity contribution < 1.29 is 26.7 Å². The van der Waals surface area contributed by atoms with Gasteiger partial charge in [-0.05, 0) is 17.8 Å². The molecule has 0 N–H and O–H groups in total. The fraction of sp³-hybridized carbons (Fsp3) is 0. The molecule has 1 nitrogen and oxygen atoms in total. The van der Waals surface area contributed by atoms with Crippen molar-refractivity contribution in [3.63, 3.8) is 0 Å². The van der Waals surface area contributed by atoms with Crippen molar-refractivity contribution in [2.75, 3.05) is 0 Å². The second kappa shape index (κ2) is 4.65. The van der Waals surface area contributed by atoms with Crippen LogP contribution in [0.4, 0.5) is 22.0 Å². The number of carbonyl (C=O) groups excluding carboxylic acids is 1. The van der Waals surface area contributed by atoms with Gasteiger partial charge in [0.2, 0.25) is 10.9 Å². The van der Waals surface area contributed by atoms with Crippen LogP contribution < -0.4 is 0 Å². The van der Waals surface area contributed by atoms with Crippen LogP contribution in [0.3, 0.4) is 0 Å². The zero-order chi connectivity index (χ0) is 12.5. The Balaban J connectivity index is 3.39. The van der Waals surface area contributed by atoms with Gasteiger partial charge in [0.25, 0.3) is 0 Å². The Hall–Kier alpha value is -1.37. The third-order valence-corrected chi connectivity index (χ3v) is 2.47. The van der Waals surface area contributed by atoms with E-state index in [4.69, 9.17) is 0 Å². The van der Waals surface area contributed by atoms with E-state index in [1.54, 1.807) is 0 Å². The average Bonchev–Trinajstić information content (AvgIpc) is 2.29. The molecule has 7 heteroatoms. The number of thioether (sulfide) groups is 1. The summed E-state index contributed by atoms with van der Waals surface area (Å²) in [6.07, 6.45) is 0.697. The number of carbonyl (C=O) groups is 1. The quantitative estimate of drug-likeness (QED) is 0.265. The largest absolute Gasteiger partial charge is 0.282 e. The lowest BCUT2D eigenvalue weighted by Gasteiger charge is -2.05. The first-order valence-corrected chi connectivity index (χ1v) is 4.57. The Morgan fingerprint density at radius 2 is 1.31 bits per heavy atom. The van der Waals surface area contributed by atoms with Crippen LogP contribution in [0.5, 0.6) is 0 Å². The molecular weight excluding hydrogens is 251 g/mol. The van der Waals surface area contributed by atoms with E-state index >= 15 is 0 Å². The van der Waals surface area contributed by atoms with Crippen molar-refractivity contribution in [2.45, 2.75) is 4.90 Å². The van der Waals surface area contributed by atoms with Gasteiger partial charge in [-0.15, -0.1) is 0 Å². The minimum absolute atomic E-state index is 0.120. The minimum atomic E-state index is -2.26. The summed E-state index contributed by atoms with van der Waals surface area (Å²) in [6.45, 7) is 3.00. The summed E-state index contributed by atoms with van der Waals surface area (Å²) in [6, 6.07) is 0. The molecular formula is C9H3F5OS. The summed E-state index contributed by atoms with van der Waals surface area (Å²) in [5.74, 6) is -10.5. The lowest BCUT2D eigenvalue weighted by atomic mass is 10.3. The molecule has 1 aromatic rings. The minimum Gasteiger partial charge on any atom is -0.282 e. The van der Waals surface area contributed by atoms with Gasteiger partial charge in [0.15, 0.2) is 23.3 Å². The molecule has 0 amide bonds. The molecule has 0 spiro atoms. The smallest absolute Gasteiger partial charge is 0.216 e. The molecule has 16 heavy (non-hydrogen) atoms. The highest BCUT2D eigenvalue weighted by Crippen LogP contribution is 2.31. The summed E-state index contributed by atoms with van der Waals surface area (Å²) in [5.41, 5.74) is 0. The summed E-state index contributed by atoms with van der Waals surface area (Å²) in [7, 11) is 0. The van der Waals surface area contributed by atoms with Gasteiger partial charge >= 0.3 is 0 Å². The Labute approximate surface area is 90.9 Å². The van der Waals surface area contributed by atoms with Gasteiger partial charge in [0.1, 0.15) is 0 Å².